The Morgan fingerprint density at radius 1 is 1.19 bits per heavy atom. The summed E-state index contributed by atoms with van der Waals surface area (Å²) in [6.07, 6.45) is 6.24. The van der Waals surface area contributed by atoms with Crippen molar-refractivity contribution in [2.75, 3.05) is 40.4 Å². The summed E-state index contributed by atoms with van der Waals surface area (Å²) in [5, 5.41) is 6.84. The first-order valence-corrected chi connectivity index (χ1v) is 11.2. The van der Waals surface area contributed by atoms with Crippen molar-refractivity contribution in [2.45, 2.75) is 51.5 Å². The van der Waals surface area contributed by atoms with Crippen LogP contribution in [0, 0.1) is 5.92 Å². The van der Waals surface area contributed by atoms with Gasteiger partial charge in [-0.25, -0.2) is 0 Å². The number of amides is 1. The van der Waals surface area contributed by atoms with Gasteiger partial charge in [-0.15, -0.1) is 24.0 Å². The predicted molar refractivity (Wildman–Crippen MR) is 135 cm³/mol. The van der Waals surface area contributed by atoms with Gasteiger partial charge in [-0.05, 0) is 56.4 Å². The third-order valence-corrected chi connectivity index (χ3v) is 6.03. The molecule has 0 spiro atoms. The van der Waals surface area contributed by atoms with E-state index in [1.807, 2.05) is 23.1 Å². The predicted octanol–water partition coefficient (Wildman–Crippen LogP) is 3.21. The first kappa shape index (κ1) is 25.5. The van der Waals surface area contributed by atoms with Crippen molar-refractivity contribution in [3.63, 3.8) is 0 Å². The van der Waals surface area contributed by atoms with E-state index in [1.54, 1.807) is 14.2 Å². The Hall–Kier alpha value is -1.71. The van der Waals surface area contributed by atoms with Gasteiger partial charge in [0.1, 0.15) is 11.5 Å². The van der Waals surface area contributed by atoms with E-state index in [-0.39, 0.29) is 35.9 Å². The quantitative estimate of drug-likeness (QED) is 0.299. The zero-order valence-corrected chi connectivity index (χ0v) is 21.3. The number of nitrogens with zero attached hydrogens (tertiary/aromatic N) is 2. The van der Waals surface area contributed by atoms with E-state index in [9.17, 15) is 4.79 Å². The van der Waals surface area contributed by atoms with Crippen molar-refractivity contribution in [3.8, 4) is 11.5 Å². The molecule has 1 saturated heterocycles. The molecule has 1 atom stereocenters. The van der Waals surface area contributed by atoms with E-state index < -0.39 is 0 Å². The van der Waals surface area contributed by atoms with E-state index in [0.717, 1.165) is 68.3 Å². The first-order valence-electron chi connectivity index (χ1n) is 11.2. The maximum absolute atomic E-state index is 12.7. The van der Waals surface area contributed by atoms with Gasteiger partial charge in [0.2, 0.25) is 5.91 Å². The highest BCUT2D eigenvalue weighted by Gasteiger charge is 2.32. The Kier molecular flexibility index (Phi) is 10.7. The summed E-state index contributed by atoms with van der Waals surface area (Å²) in [5.74, 6) is 3.07. The Morgan fingerprint density at radius 2 is 1.97 bits per heavy atom. The molecule has 1 unspecified atom stereocenters. The lowest BCUT2D eigenvalue weighted by Crippen LogP contribution is -2.45. The number of hydrogen-bond acceptors (Lipinski definition) is 4. The Bertz CT molecular complexity index is 738. The zero-order valence-electron chi connectivity index (χ0n) is 19.0. The molecule has 1 heterocycles. The number of carbonyl (C=O) groups excluding carboxylic acids is 1. The third kappa shape index (κ3) is 7.15. The van der Waals surface area contributed by atoms with Crippen molar-refractivity contribution in [1.82, 2.24) is 15.5 Å². The molecular formula is C23H37IN4O3. The second kappa shape index (κ2) is 13.0. The van der Waals surface area contributed by atoms with Gasteiger partial charge in [0.05, 0.1) is 14.2 Å². The minimum Gasteiger partial charge on any atom is -0.497 e. The second-order valence-corrected chi connectivity index (χ2v) is 8.08. The number of halogens is 1. The van der Waals surface area contributed by atoms with E-state index in [4.69, 9.17) is 14.5 Å². The van der Waals surface area contributed by atoms with Crippen LogP contribution < -0.4 is 20.1 Å². The smallest absolute Gasteiger partial charge is 0.225 e. The molecule has 7 nitrogen and oxygen atoms in total. The van der Waals surface area contributed by atoms with Gasteiger partial charge >= 0.3 is 0 Å². The third-order valence-electron chi connectivity index (χ3n) is 6.03. The van der Waals surface area contributed by atoms with E-state index in [2.05, 4.69) is 17.6 Å². The van der Waals surface area contributed by atoms with Crippen LogP contribution in [0.5, 0.6) is 11.5 Å². The topological polar surface area (TPSA) is 75.2 Å². The van der Waals surface area contributed by atoms with Crippen molar-refractivity contribution in [3.05, 3.63) is 23.8 Å². The van der Waals surface area contributed by atoms with Crippen LogP contribution in [0.25, 0.3) is 0 Å². The largest absolute Gasteiger partial charge is 0.497 e. The Labute approximate surface area is 203 Å². The van der Waals surface area contributed by atoms with E-state index in [1.165, 1.54) is 12.8 Å². The molecule has 1 aliphatic carbocycles. The summed E-state index contributed by atoms with van der Waals surface area (Å²) in [7, 11) is 3.35. The van der Waals surface area contributed by atoms with Gasteiger partial charge in [0.15, 0.2) is 5.96 Å². The number of benzene rings is 1. The molecule has 0 bridgehead atoms. The SMILES string of the molecule is CCNC(=NCCc1cc(OC)ccc1OC)NC1CCN(C(=O)C2CCCC2)C1.I. The van der Waals surface area contributed by atoms with E-state index in [0.29, 0.717) is 12.5 Å². The zero-order chi connectivity index (χ0) is 21.3. The maximum atomic E-state index is 12.7. The fraction of sp³-hybridized carbons (Fsp3) is 0.652. The van der Waals surface area contributed by atoms with Crippen molar-refractivity contribution in [2.24, 2.45) is 10.9 Å². The summed E-state index contributed by atoms with van der Waals surface area (Å²) in [4.78, 5) is 19.5. The van der Waals surface area contributed by atoms with Gasteiger partial charge in [-0.2, -0.15) is 0 Å². The number of rotatable bonds is 8. The van der Waals surface area contributed by atoms with Crippen LogP contribution in [0.3, 0.4) is 0 Å². The fourth-order valence-electron chi connectivity index (χ4n) is 4.39. The monoisotopic (exact) mass is 544 g/mol. The number of nitrogens with one attached hydrogen (secondary N) is 2. The van der Waals surface area contributed by atoms with Crippen LogP contribution >= 0.6 is 24.0 Å². The molecule has 0 aromatic heterocycles. The average Bonchev–Trinajstić information content (AvgIpc) is 3.46. The second-order valence-electron chi connectivity index (χ2n) is 8.08. The highest BCUT2D eigenvalue weighted by Crippen LogP contribution is 2.28. The van der Waals surface area contributed by atoms with Crippen LogP contribution in [-0.2, 0) is 11.2 Å². The lowest BCUT2D eigenvalue weighted by molar-refractivity contribution is -0.134. The summed E-state index contributed by atoms with van der Waals surface area (Å²) in [6.45, 7) is 5.10. The van der Waals surface area contributed by atoms with Crippen LogP contribution in [0.2, 0.25) is 0 Å². The first-order chi connectivity index (χ1) is 14.6. The molecule has 1 aromatic carbocycles. The van der Waals surface area contributed by atoms with Crippen molar-refractivity contribution < 1.29 is 14.3 Å². The van der Waals surface area contributed by atoms with Gasteiger partial charge < -0.3 is 25.0 Å². The molecule has 1 amide bonds. The van der Waals surface area contributed by atoms with Gasteiger partial charge in [0, 0.05) is 38.1 Å². The minimum atomic E-state index is 0. The Morgan fingerprint density at radius 3 is 2.65 bits per heavy atom. The van der Waals surface area contributed by atoms with Gasteiger partial charge in [-0.3, -0.25) is 9.79 Å². The van der Waals surface area contributed by atoms with Crippen molar-refractivity contribution >= 4 is 35.8 Å². The molecule has 1 aliphatic heterocycles. The van der Waals surface area contributed by atoms with Gasteiger partial charge in [-0.1, -0.05) is 12.8 Å². The lowest BCUT2D eigenvalue weighted by atomic mass is 10.1. The Balaban J connectivity index is 0.00000341. The highest BCUT2D eigenvalue weighted by molar-refractivity contribution is 14.0. The summed E-state index contributed by atoms with van der Waals surface area (Å²) in [5.41, 5.74) is 1.07. The molecular weight excluding hydrogens is 507 g/mol. The molecule has 0 radical (unpaired) electrons. The molecule has 8 heteroatoms. The maximum Gasteiger partial charge on any atom is 0.225 e. The molecule has 31 heavy (non-hydrogen) atoms. The van der Waals surface area contributed by atoms with Crippen LogP contribution in [0.1, 0.15) is 44.6 Å². The molecule has 2 N–H and O–H groups in total. The number of methoxy groups -OCH3 is 2. The number of guanidine groups is 1. The van der Waals surface area contributed by atoms with Gasteiger partial charge in [0.25, 0.3) is 0 Å². The number of aliphatic imine (C=N–C) groups is 1. The lowest BCUT2D eigenvalue weighted by Gasteiger charge is -2.21. The molecule has 1 aromatic rings. The number of carbonyl (C=O) groups is 1. The summed E-state index contributed by atoms with van der Waals surface area (Å²) in [6, 6.07) is 6.07. The van der Waals surface area contributed by atoms with E-state index >= 15 is 0 Å². The molecule has 2 aliphatic rings. The highest BCUT2D eigenvalue weighted by atomic mass is 127. The normalized spacial score (nSPS) is 19.1. The number of hydrogen-bond donors (Lipinski definition) is 2. The summed E-state index contributed by atoms with van der Waals surface area (Å²) >= 11 is 0. The van der Waals surface area contributed by atoms with Crippen LogP contribution in [0.15, 0.2) is 23.2 Å². The van der Waals surface area contributed by atoms with Crippen molar-refractivity contribution in [1.29, 1.82) is 0 Å². The number of likely N-dealkylation sites (tertiary alicyclic amines) is 1. The fourth-order valence-corrected chi connectivity index (χ4v) is 4.39. The minimum absolute atomic E-state index is 0. The average molecular weight is 544 g/mol. The molecule has 1 saturated carbocycles. The number of ether oxygens (including phenoxy) is 2. The van der Waals surface area contributed by atoms with Crippen LogP contribution in [0.4, 0.5) is 0 Å². The molecule has 3 rings (SSSR count). The molecule has 2 fully saturated rings. The summed E-state index contributed by atoms with van der Waals surface area (Å²) < 4.78 is 10.8. The van der Waals surface area contributed by atoms with Crippen LogP contribution in [-0.4, -0.2) is 63.2 Å². The molecule has 174 valence electrons. The standard InChI is InChI=1S/C23H36N4O3.HI/c1-4-24-23(25-13-11-18-15-20(29-2)9-10-21(18)30-3)26-19-12-14-27(16-19)22(28)17-7-5-6-8-17;/h9-10,15,17,19H,4-8,11-14,16H2,1-3H3,(H2,24,25,26);1H.